The van der Waals surface area contributed by atoms with Crippen LogP contribution in [-0.2, 0) is 0 Å². The van der Waals surface area contributed by atoms with E-state index in [0.717, 1.165) is 21.1 Å². The number of hydrogen-bond donors (Lipinski definition) is 3. The molecule has 0 spiro atoms. The Bertz CT molecular complexity index is 761. The number of pyridine rings is 1. The van der Waals surface area contributed by atoms with Crippen molar-refractivity contribution in [1.82, 2.24) is 15.0 Å². The number of benzene rings is 1. The Labute approximate surface area is 123 Å². The minimum absolute atomic E-state index is 0.560. The fourth-order valence-electron chi connectivity index (χ4n) is 1.84. The van der Waals surface area contributed by atoms with Crippen LogP contribution in [0, 0.1) is 0 Å². The van der Waals surface area contributed by atoms with Crippen molar-refractivity contribution in [2.45, 2.75) is 0 Å². The first kappa shape index (κ1) is 12.8. The highest BCUT2D eigenvalue weighted by atomic mass is 79.9. The second kappa shape index (κ2) is 5.40. The van der Waals surface area contributed by atoms with Crippen LogP contribution in [0.25, 0.3) is 10.9 Å². The van der Waals surface area contributed by atoms with Crippen molar-refractivity contribution in [2.75, 3.05) is 10.7 Å². The number of nitrogen functional groups attached to an aromatic ring is 1. The summed E-state index contributed by atoms with van der Waals surface area (Å²) in [6, 6.07) is 9.64. The molecule has 0 amide bonds. The molecular weight excluding hydrogens is 320 g/mol. The minimum Gasteiger partial charge on any atom is -0.340 e. The van der Waals surface area contributed by atoms with Crippen LogP contribution in [0.5, 0.6) is 0 Å². The molecule has 0 radical (unpaired) electrons. The van der Waals surface area contributed by atoms with Gasteiger partial charge in [0, 0.05) is 15.5 Å². The van der Waals surface area contributed by atoms with Gasteiger partial charge in [0.05, 0.1) is 11.7 Å². The zero-order valence-corrected chi connectivity index (χ0v) is 11.9. The molecule has 0 aliphatic rings. The number of halogens is 1. The van der Waals surface area contributed by atoms with Crippen molar-refractivity contribution in [2.24, 2.45) is 5.84 Å². The normalized spacial score (nSPS) is 10.5. The fourth-order valence-corrected chi connectivity index (χ4v) is 2.24. The summed E-state index contributed by atoms with van der Waals surface area (Å²) < 4.78 is 0.992. The van der Waals surface area contributed by atoms with E-state index in [9.17, 15) is 0 Å². The number of nitrogens with two attached hydrogens (primary N) is 1. The third kappa shape index (κ3) is 2.54. The van der Waals surface area contributed by atoms with E-state index in [0.29, 0.717) is 11.6 Å². The summed E-state index contributed by atoms with van der Waals surface area (Å²) >= 11 is 3.44. The molecule has 0 saturated heterocycles. The number of nitrogens with zero attached hydrogens (tertiary/aromatic N) is 3. The molecule has 0 fully saturated rings. The number of aromatic nitrogens is 3. The highest BCUT2D eigenvalue weighted by Gasteiger charge is 2.06. The predicted octanol–water partition coefficient (Wildman–Crippen LogP) is 2.82. The lowest BCUT2D eigenvalue weighted by Crippen LogP contribution is -2.08. The van der Waals surface area contributed by atoms with Crippen LogP contribution >= 0.6 is 15.9 Å². The molecule has 2 heterocycles. The van der Waals surface area contributed by atoms with Gasteiger partial charge in [-0.1, -0.05) is 22.0 Å². The number of hydrogen-bond acceptors (Lipinski definition) is 6. The average Bonchev–Trinajstić information content (AvgIpc) is 2.47. The summed E-state index contributed by atoms with van der Waals surface area (Å²) in [4.78, 5) is 12.6. The predicted molar refractivity (Wildman–Crippen MR) is 82.6 cm³/mol. The molecule has 4 N–H and O–H groups in total. The maximum atomic E-state index is 5.38. The van der Waals surface area contributed by atoms with Crippen LogP contribution in [0.4, 0.5) is 17.3 Å². The maximum Gasteiger partial charge on any atom is 0.141 e. The maximum absolute atomic E-state index is 5.38. The number of anilines is 3. The Hall–Kier alpha value is -2.25. The van der Waals surface area contributed by atoms with Crippen LogP contribution in [0.15, 0.2) is 47.3 Å². The molecule has 2 aromatic heterocycles. The van der Waals surface area contributed by atoms with Gasteiger partial charge in [-0.15, -0.1) is 0 Å². The molecule has 1 aromatic carbocycles. The van der Waals surface area contributed by atoms with E-state index in [4.69, 9.17) is 5.84 Å². The standard InChI is InChI=1S/C13H11BrN6/c14-8-2-1-3-9(4-8)19-13-10-5-12(20-15)16-6-11(10)17-7-18-13/h1-7H,15H2,(H,16,20)(H,17,18,19). The Morgan fingerprint density at radius 3 is 2.80 bits per heavy atom. The van der Waals surface area contributed by atoms with Crippen LogP contribution in [0.3, 0.4) is 0 Å². The Morgan fingerprint density at radius 2 is 2.00 bits per heavy atom. The average molecular weight is 331 g/mol. The lowest BCUT2D eigenvalue weighted by molar-refractivity contribution is 1.19. The molecule has 0 saturated carbocycles. The quantitative estimate of drug-likeness (QED) is 0.505. The van der Waals surface area contributed by atoms with Gasteiger partial charge in [-0.05, 0) is 24.3 Å². The van der Waals surface area contributed by atoms with Crippen molar-refractivity contribution >= 4 is 44.2 Å². The monoisotopic (exact) mass is 330 g/mol. The number of rotatable bonds is 3. The third-order valence-corrected chi connectivity index (χ3v) is 3.25. The topological polar surface area (TPSA) is 88.8 Å². The smallest absolute Gasteiger partial charge is 0.141 e. The zero-order valence-electron chi connectivity index (χ0n) is 10.3. The lowest BCUT2D eigenvalue weighted by atomic mass is 10.2. The number of fused-ring (bicyclic) bond motifs is 1. The van der Waals surface area contributed by atoms with Gasteiger partial charge in [0.2, 0.25) is 0 Å². The van der Waals surface area contributed by atoms with Gasteiger partial charge >= 0.3 is 0 Å². The summed E-state index contributed by atoms with van der Waals surface area (Å²) in [6.45, 7) is 0. The lowest BCUT2D eigenvalue weighted by Gasteiger charge is -2.09. The van der Waals surface area contributed by atoms with Crippen LogP contribution in [0.1, 0.15) is 0 Å². The second-order valence-electron chi connectivity index (χ2n) is 4.09. The first-order valence-corrected chi connectivity index (χ1v) is 6.65. The highest BCUT2D eigenvalue weighted by Crippen LogP contribution is 2.25. The number of nitrogens with one attached hydrogen (secondary N) is 2. The minimum atomic E-state index is 0.560. The summed E-state index contributed by atoms with van der Waals surface area (Å²) in [7, 11) is 0. The first-order valence-electron chi connectivity index (χ1n) is 5.86. The Morgan fingerprint density at radius 1 is 1.10 bits per heavy atom. The zero-order chi connectivity index (χ0) is 13.9. The summed E-state index contributed by atoms with van der Waals surface area (Å²) in [6.07, 6.45) is 3.15. The highest BCUT2D eigenvalue weighted by molar-refractivity contribution is 9.10. The van der Waals surface area contributed by atoms with Crippen molar-refractivity contribution in [3.8, 4) is 0 Å². The SMILES string of the molecule is NNc1cc2c(Nc3cccc(Br)c3)ncnc2cn1. The molecule has 6 nitrogen and oxygen atoms in total. The Balaban J connectivity index is 2.06. The molecule has 0 aliphatic carbocycles. The summed E-state index contributed by atoms with van der Waals surface area (Å²) in [5.41, 5.74) is 4.19. The van der Waals surface area contributed by atoms with E-state index >= 15 is 0 Å². The molecule has 0 bridgehead atoms. The van der Waals surface area contributed by atoms with Gasteiger partial charge in [-0.2, -0.15) is 0 Å². The summed E-state index contributed by atoms with van der Waals surface area (Å²) in [5, 5.41) is 4.10. The third-order valence-electron chi connectivity index (χ3n) is 2.76. The molecule has 100 valence electrons. The van der Waals surface area contributed by atoms with Gasteiger partial charge in [0.15, 0.2) is 0 Å². The largest absolute Gasteiger partial charge is 0.340 e. The molecule has 7 heteroatoms. The van der Waals surface area contributed by atoms with Crippen molar-refractivity contribution in [3.63, 3.8) is 0 Å². The molecule has 0 aliphatic heterocycles. The fraction of sp³-hybridized carbons (Fsp3) is 0. The van der Waals surface area contributed by atoms with Crippen LogP contribution in [0.2, 0.25) is 0 Å². The molecule has 3 rings (SSSR count). The van der Waals surface area contributed by atoms with Gasteiger partial charge < -0.3 is 10.7 Å². The van der Waals surface area contributed by atoms with Crippen LogP contribution < -0.4 is 16.6 Å². The van der Waals surface area contributed by atoms with Crippen LogP contribution in [-0.4, -0.2) is 15.0 Å². The van der Waals surface area contributed by atoms with Crippen molar-refractivity contribution < 1.29 is 0 Å². The number of hydrazine groups is 1. The van der Waals surface area contributed by atoms with E-state index < -0.39 is 0 Å². The van der Waals surface area contributed by atoms with Gasteiger partial charge in [-0.25, -0.2) is 20.8 Å². The molecule has 20 heavy (non-hydrogen) atoms. The molecule has 0 atom stereocenters. The second-order valence-corrected chi connectivity index (χ2v) is 5.00. The molecular formula is C13H11BrN6. The van der Waals surface area contributed by atoms with E-state index in [2.05, 4.69) is 41.6 Å². The summed E-state index contributed by atoms with van der Waals surface area (Å²) in [5.74, 6) is 6.64. The van der Waals surface area contributed by atoms with E-state index in [1.54, 1.807) is 12.3 Å². The van der Waals surface area contributed by atoms with E-state index in [1.807, 2.05) is 24.3 Å². The van der Waals surface area contributed by atoms with Crippen molar-refractivity contribution in [1.29, 1.82) is 0 Å². The van der Waals surface area contributed by atoms with Gasteiger partial charge in [0.25, 0.3) is 0 Å². The van der Waals surface area contributed by atoms with E-state index in [1.165, 1.54) is 6.33 Å². The Kier molecular flexibility index (Phi) is 3.44. The first-order chi connectivity index (χ1) is 9.76. The molecule has 0 unspecified atom stereocenters. The molecule has 3 aromatic rings. The van der Waals surface area contributed by atoms with E-state index in [-0.39, 0.29) is 0 Å². The van der Waals surface area contributed by atoms with Gasteiger partial charge in [-0.3, -0.25) is 0 Å². The van der Waals surface area contributed by atoms with Gasteiger partial charge in [0.1, 0.15) is 18.0 Å². The van der Waals surface area contributed by atoms with Crippen molar-refractivity contribution in [3.05, 3.63) is 47.3 Å².